The molecule has 284 valence electrons. The number of fused-ring (bicyclic) bond motifs is 5. The van der Waals surface area contributed by atoms with Crippen LogP contribution < -0.4 is 0 Å². The number of allylic oxidation sites excluding steroid dienone is 8. The lowest BCUT2D eigenvalue weighted by Gasteiger charge is -2.14. The van der Waals surface area contributed by atoms with Gasteiger partial charge in [0.1, 0.15) is 0 Å². The predicted octanol–water partition coefficient (Wildman–Crippen LogP) is 6.62. The van der Waals surface area contributed by atoms with E-state index in [-0.39, 0.29) is 50.5 Å². The van der Waals surface area contributed by atoms with Gasteiger partial charge in [0.2, 0.25) is 0 Å². The number of hydrogen-bond donors (Lipinski definition) is 2. The van der Waals surface area contributed by atoms with Gasteiger partial charge in [0.25, 0.3) is 0 Å². The van der Waals surface area contributed by atoms with Crippen LogP contribution in [0, 0.1) is 6.92 Å². The Balaban J connectivity index is 1.80. The van der Waals surface area contributed by atoms with Crippen LogP contribution >= 0.6 is 0 Å². The van der Waals surface area contributed by atoms with E-state index < -0.39 is 11.9 Å². The normalized spacial score (nSPS) is 17.2. The van der Waals surface area contributed by atoms with Gasteiger partial charge in [-0.1, -0.05) is 0 Å². The first-order valence-corrected chi connectivity index (χ1v) is 17.7. The second kappa shape index (κ2) is 16.9. The van der Waals surface area contributed by atoms with Crippen molar-refractivity contribution in [2.24, 2.45) is 15.0 Å². The highest BCUT2D eigenvalue weighted by Gasteiger charge is 2.33. The number of aliphatic hydroxyl groups is 1. The van der Waals surface area contributed by atoms with Gasteiger partial charge in [-0.2, -0.15) is 0 Å². The lowest BCUT2D eigenvalue weighted by atomic mass is 9.89. The maximum Gasteiger partial charge on any atom is 0.305 e. The van der Waals surface area contributed by atoms with Gasteiger partial charge in [-0.3, -0.25) is 19.2 Å². The fourth-order valence-corrected chi connectivity index (χ4v) is 6.97. The van der Waals surface area contributed by atoms with Crippen molar-refractivity contribution < 1.29 is 43.2 Å². The highest BCUT2D eigenvalue weighted by atomic mass is 16.5. The average Bonchev–Trinajstić information content (AvgIpc) is 3.84. The molecule has 0 amide bonds. The lowest BCUT2D eigenvalue weighted by Crippen LogP contribution is -2.17. The molecule has 8 bridgehead atoms. The van der Waals surface area contributed by atoms with E-state index in [0.29, 0.717) is 52.6 Å². The number of aromatic amines is 1. The summed E-state index contributed by atoms with van der Waals surface area (Å²) in [4.78, 5) is 68.0. The molecule has 0 saturated carbocycles. The summed E-state index contributed by atoms with van der Waals surface area (Å²) in [5.74, 6) is -1.48. The minimum atomic E-state index is -0.395. The van der Waals surface area contributed by atoms with Crippen LogP contribution in [0.5, 0.6) is 0 Å². The first-order valence-electron chi connectivity index (χ1n) is 17.7. The SMILES string of the molecule is COC(=O)CCC1=C(C)C2=NC1=Cc1[nH]c(c(C)c1CCC(=O)OC)C=C1N=C(C(CCC(=O)OC)=C1C)/C(=C/O)C1=NC(=C2)C(C)=C1CCC(=O)OC. The van der Waals surface area contributed by atoms with Crippen LogP contribution in [0.1, 0.15) is 88.2 Å². The Kier molecular flexibility index (Phi) is 12.3. The number of nitrogens with one attached hydrogen (secondary N) is 1. The largest absolute Gasteiger partial charge is 0.515 e. The van der Waals surface area contributed by atoms with Gasteiger partial charge in [0, 0.05) is 37.1 Å². The molecule has 0 aromatic carbocycles. The Morgan fingerprint density at radius 2 is 1.04 bits per heavy atom. The molecule has 4 aliphatic rings. The van der Waals surface area contributed by atoms with Crippen molar-refractivity contribution in [2.45, 2.75) is 79.1 Å². The van der Waals surface area contributed by atoms with Crippen LogP contribution in [0.25, 0.3) is 12.2 Å². The van der Waals surface area contributed by atoms with Crippen LogP contribution in [0.4, 0.5) is 0 Å². The molecule has 2 N–H and O–H groups in total. The molecule has 13 nitrogen and oxygen atoms in total. The van der Waals surface area contributed by atoms with Gasteiger partial charge in [-0.25, -0.2) is 15.0 Å². The summed E-state index contributed by atoms with van der Waals surface area (Å²) in [6, 6.07) is 0. The number of rotatable bonds is 12. The number of carbonyl (C=O) groups excluding carboxylic acids is 4. The molecule has 1 aromatic heterocycles. The number of H-pyrrole nitrogens is 1. The molecule has 0 fully saturated rings. The van der Waals surface area contributed by atoms with Gasteiger partial charge in [-0.15, -0.1) is 0 Å². The topological polar surface area (TPSA) is 178 Å². The van der Waals surface area contributed by atoms with E-state index in [4.69, 9.17) is 33.9 Å². The van der Waals surface area contributed by atoms with Crippen LogP contribution in [0.3, 0.4) is 0 Å². The van der Waals surface area contributed by atoms with E-state index in [1.807, 2.05) is 45.9 Å². The van der Waals surface area contributed by atoms with Crippen molar-refractivity contribution in [1.29, 1.82) is 0 Å². The van der Waals surface area contributed by atoms with Crippen LogP contribution in [-0.2, 0) is 44.5 Å². The molecule has 1 aromatic rings. The molecular formula is C41H46N4O9. The first-order chi connectivity index (χ1) is 25.8. The zero-order valence-electron chi connectivity index (χ0n) is 32.0. The fourth-order valence-electron chi connectivity index (χ4n) is 6.97. The Labute approximate surface area is 314 Å². The monoisotopic (exact) mass is 738 g/mol. The zero-order valence-corrected chi connectivity index (χ0v) is 32.0. The summed E-state index contributed by atoms with van der Waals surface area (Å²) < 4.78 is 19.8. The van der Waals surface area contributed by atoms with Crippen LogP contribution in [-0.4, -0.2) is 79.5 Å². The zero-order chi connectivity index (χ0) is 39.3. The molecule has 13 heteroatoms. The number of aromatic nitrogens is 1. The molecule has 0 saturated heterocycles. The van der Waals surface area contributed by atoms with Crippen LogP contribution in [0.2, 0.25) is 0 Å². The molecule has 0 aliphatic carbocycles. The Hall–Kier alpha value is -5.85. The van der Waals surface area contributed by atoms with Crippen LogP contribution in [0.15, 0.2) is 83.4 Å². The summed E-state index contributed by atoms with van der Waals surface area (Å²) in [6.45, 7) is 7.72. The summed E-state index contributed by atoms with van der Waals surface area (Å²) in [5, 5.41) is 11.0. The molecule has 0 atom stereocenters. The maximum absolute atomic E-state index is 12.4. The van der Waals surface area contributed by atoms with Gasteiger partial charge >= 0.3 is 23.9 Å². The lowest BCUT2D eigenvalue weighted by molar-refractivity contribution is -0.141. The van der Waals surface area contributed by atoms with E-state index in [1.54, 1.807) is 0 Å². The van der Waals surface area contributed by atoms with Crippen molar-refractivity contribution in [3.05, 3.63) is 91.0 Å². The van der Waals surface area contributed by atoms with Gasteiger partial charge in [0.05, 0.1) is 74.5 Å². The second-order valence-electron chi connectivity index (χ2n) is 13.2. The third kappa shape index (κ3) is 8.04. The highest BCUT2D eigenvalue weighted by Crippen LogP contribution is 2.40. The number of aliphatic imine (C=N–C) groups is 3. The molecule has 54 heavy (non-hydrogen) atoms. The van der Waals surface area contributed by atoms with Crippen molar-refractivity contribution in [2.75, 3.05) is 28.4 Å². The fraction of sp³-hybridized carbons (Fsp3) is 0.390. The van der Waals surface area contributed by atoms with Crippen molar-refractivity contribution in [1.82, 2.24) is 4.98 Å². The summed E-state index contributed by atoms with van der Waals surface area (Å²) >= 11 is 0. The highest BCUT2D eigenvalue weighted by molar-refractivity contribution is 6.37. The van der Waals surface area contributed by atoms with Crippen molar-refractivity contribution in [3.63, 3.8) is 0 Å². The first kappa shape index (κ1) is 39.4. The number of carbonyl (C=O) groups is 4. The Morgan fingerprint density at radius 3 is 1.52 bits per heavy atom. The number of ether oxygens (including phenoxy) is 4. The summed E-state index contributed by atoms with van der Waals surface area (Å²) in [7, 11) is 5.38. The van der Waals surface area contributed by atoms with Gasteiger partial charge in [0.15, 0.2) is 0 Å². The molecule has 0 unspecified atom stereocenters. The Bertz CT molecular complexity index is 2130. The number of nitrogens with zero attached hydrogens (tertiary/aromatic N) is 3. The van der Waals surface area contributed by atoms with E-state index >= 15 is 0 Å². The van der Waals surface area contributed by atoms with E-state index in [9.17, 15) is 24.3 Å². The molecule has 0 spiro atoms. The minimum Gasteiger partial charge on any atom is -0.515 e. The molecule has 5 heterocycles. The van der Waals surface area contributed by atoms with Crippen molar-refractivity contribution >= 4 is 53.2 Å². The van der Waals surface area contributed by atoms with E-state index in [1.165, 1.54) is 28.4 Å². The molecule has 5 rings (SSSR count). The van der Waals surface area contributed by atoms with Crippen molar-refractivity contribution in [3.8, 4) is 0 Å². The summed E-state index contributed by atoms with van der Waals surface area (Å²) in [5.41, 5.74) is 11.6. The molecule has 0 radical (unpaired) electrons. The number of aliphatic hydroxyl groups excluding tert-OH is 1. The summed E-state index contributed by atoms with van der Waals surface area (Å²) in [6.07, 6.45) is 8.44. The maximum atomic E-state index is 12.4. The van der Waals surface area contributed by atoms with E-state index in [2.05, 4.69) is 4.98 Å². The smallest absolute Gasteiger partial charge is 0.305 e. The average molecular weight is 739 g/mol. The standard InChI is InChI=1S/C41H46N4O9/c1-21-25(9-13-36(47)51-5)34-19-35-26(10-14-37(48)52-6)22(2)31(43-35)18-33-24(4)28(12-16-39(50)54-8)41(45-33)29(20-46)40-27(11-15-38(49)53-7)23(3)32(44-40)17-30(21)42-34/h17-20,42,46H,9-16H2,1-8H3/b29-20-,32-17?,33-18?,35-19?. The Morgan fingerprint density at radius 1 is 0.593 bits per heavy atom. The third-order valence-corrected chi connectivity index (χ3v) is 10.3. The quantitative estimate of drug-likeness (QED) is 0.135. The third-order valence-electron chi connectivity index (χ3n) is 10.3. The van der Waals surface area contributed by atoms with Gasteiger partial charge < -0.3 is 29.0 Å². The molecule has 4 aliphatic heterocycles. The predicted molar refractivity (Wildman–Crippen MR) is 205 cm³/mol. The second-order valence-corrected chi connectivity index (χ2v) is 13.2. The molecular weight excluding hydrogens is 692 g/mol. The minimum absolute atomic E-state index is 0.0762. The number of esters is 4. The van der Waals surface area contributed by atoms with E-state index in [0.717, 1.165) is 62.2 Å². The van der Waals surface area contributed by atoms with Gasteiger partial charge in [-0.05, 0) is 116 Å². The number of methoxy groups -OCH3 is 4. The number of hydrogen-bond acceptors (Lipinski definition) is 12.